The summed E-state index contributed by atoms with van der Waals surface area (Å²) < 4.78 is 2.12. The molecule has 1 aliphatic carbocycles. The molecule has 1 saturated heterocycles. The summed E-state index contributed by atoms with van der Waals surface area (Å²) in [6.45, 7) is 7.12. The van der Waals surface area contributed by atoms with Gasteiger partial charge in [-0.25, -0.2) is 9.97 Å². The van der Waals surface area contributed by atoms with Crippen molar-refractivity contribution >= 4 is 5.95 Å². The van der Waals surface area contributed by atoms with Gasteiger partial charge in [0.05, 0.1) is 11.4 Å². The first-order chi connectivity index (χ1) is 11.7. The Morgan fingerprint density at radius 2 is 1.88 bits per heavy atom. The summed E-state index contributed by atoms with van der Waals surface area (Å²) >= 11 is 0. The maximum atomic E-state index is 4.75. The average Bonchev–Trinajstić information content (AvgIpc) is 2.91. The van der Waals surface area contributed by atoms with Gasteiger partial charge in [0.1, 0.15) is 0 Å². The molecule has 4 rings (SSSR count). The first kappa shape index (κ1) is 15.6. The van der Waals surface area contributed by atoms with E-state index in [1.807, 2.05) is 19.2 Å². The van der Waals surface area contributed by atoms with Crippen LogP contribution in [0, 0.1) is 6.92 Å². The largest absolute Gasteiger partial charge is 0.338 e. The highest BCUT2D eigenvalue weighted by Crippen LogP contribution is 2.25. The summed E-state index contributed by atoms with van der Waals surface area (Å²) in [7, 11) is 2.10. The van der Waals surface area contributed by atoms with Gasteiger partial charge in [0, 0.05) is 51.7 Å². The highest BCUT2D eigenvalue weighted by Gasteiger charge is 2.24. The Labute approximate surface area is 143 Å². The standard InChI is InChI=1S/C18H26N6/c1-14-7-8-19-18(20-14)24-11-9-23(10-12-24)13-17-15-5-3-4-6-16(15)21-22(17)2/h7-8H,3-6,9-13H2,1-2H3. The number of nitrogens with zero attached hydrogens (tertiary/aromatic N) is 6. The van der Waals surface area contributed by atoms with Crippen LogP contribution in [0.5, 0.6) is 0 Å². The quantitative estimate of drug-likeness (QED) is 0.859. The van der Waals surface area contributed by atoms with E-state index in [0.29, 0.717) is 0 Å². The Morgan fingerprint density at radius 3 is 2.67 bits per heavy atom. The second-order valence-corrected chi connectivity index (χ2v) is 6.96. The third-order valence-electron chi connectivity index (χ3n) is 5.26. The number of anilines is 1. The SMILES string of the molecule is Cc1ccnc(N2CCN(Cc3c4c(nn3C)CCCC4)CC2)n1. The molecule has 128 valence electrons. The lowest BCUT2D eigenvalue weighted by atomic mass is 9.95. The van der Waals surface area contributed by atoms with Crippen LogP contribution < -0.4 is 4.90 Å². The molecule has 0 unspecified atom stereocenters. The van der Waals surface area contributed by atoms with E-state index in [1.54, 1.807) is 0 Å². The minimum Gasteiger partial charge on any atom is -0.338 e. The second kappa shape index (κ2) is 6.51. The number of fused-ring (bicyclic) bond motifs is 1. The summed E-state index contributed by atoms with van der Waals surface area (Å²) in [6.07, 6.45) is 6.81. The van der Waals surface area contributed by atoms with Gasteiger partial charge in [-0.2, -0.15) is 5.10 Å². The van der Waals surface area contributed by atoms with Gasteiger partial charge >= 0.3 is 0 Å². The van der Waals surface area contributed by atoms with Gasteiger partial charge in [-0.15, -0.1) is 0 Å². The smallest absolute Gasteiger partial charge is 0.225 e. The maximum absolute atomic E-state index is 4.75. The fourth-order valence-corrected chi connectivity index (χ4v) is 3.85. The Balaban J connectivity index is 1.41. The number of piperazine rings is 1. The van der Waals surface area contributed by atoms with E-state index in [1.165, 1.54) is 36.2 Å². The molecule has 3 heterocycles. The molecule has 0 bridgehead atoms. The summed E-state index contributed by atoms with van der Waals surface area (Å²) in [4.78, 5) is 13.8. The van der Waals surface area contributed by atoms with E-state index < -0.39 is 0 Å². The van der Waals surface area contributed by atoms with Gasteiger partial charge in [-0.1, -0.05) is 0 Å². The van der Waals surface area contributed by atoms with E-state index >= 15 is 0 Å². The van der Waals surface area contributed by atoms with Crippen molar-refractivity contribution in [2.45, 2.75) is 39.2 Å². The molecule has 2 aliphatic rings. The van der Waals surface area contributed by atoms with Crippen molar-refractivity contribution < 1.29 is 0 Å². The van der Waals surface area contributed by atoms with Crippen molar-refractivity contribution in [1.29, 1.82) is 0 Å². The Hall–Kier alpha value is -1.95. The van der Waals surface area contributed by atoms with Gasteiger partial charge < -0.3 is 4.90 Å². The highest BCUT2D eigenvalue weighted by molar-refractivity contribution is 5.32. The van der Waals surface area contributed by atoms with Crippen LogP contribution in [0.15, 0.2) is 12.3 Å². The summed E-state index contributed by atoms with van der Waals surface area (Å²) in [6, 6.07) is 1.95. The highest BCUT2D eigenvalue weighted by atomic mass is 15.3. The lowest BCUT2D eigenvalue weighted by Crippen LogP contribution is -2.46. The predicted octanol–water partition coefficient (Wildman–Crippen LogP) is 1.72. The molecule has 0 atom stereocenters. The summed E-state index contributed by atoms with van der Waals surface area (Å²) in [5, 5.41) is 4.75. The van der Waals surface area contributed by atoms with Crippen molar-refractivity contribution in [3.8, 4) is 0 Å². The number of aromatic nitrogens is 4. The number of hydrogen-bond donors (Lipinski definition) is 0. The Morgan fingerprint density at radius 1 is 1.08 bits per heavy atom. The van der Waals surface area contributed by atoms with Crippen LogP contribution in [-0.2, 0) is 26.4 Å². The number of hydrogen-bond acceptors (Lipinski definition) is 5. The fourth-order valence-electron chi connectivity index (χ4n) is 3.85. The molecule has 0 radical (unpaired) electrons. The molecule has 0 amide bonds. The van der Waals surface area contributed by atoms with E-state index in [4.69, 9.17) is 5.10 Å². The van der Waals surface area contributed by atoms with Crippen LogP contribution >= 0.6 is 0 Å². The van der Waals surface area contributed by atoms with Crippen LogP contribution in [-0.4, -0.2) is 50.8 Å². The minimum absolute atomic E-state index is 0.868. The van der Waals surface area contributed by atoms with Crippen LogP contribution in [0.3, 0.4) is 0 Å². The lowest BCUT2D eigenvalue weighted by Gasteiger charge is -2.35. The van der Waals surface area contributed by atoms with E-state index in [9.17, 15) is 0 Å². The molecular weight excluding hydrogens is 300 g/mol. The Bertz CT molecular complexity index is 714. The molecule has 0 spiro atoms. The van der Waals surface area contributed by atoms with Crippen molar-refractivity contribution in [2.75, 3.05) is 31.1 Å². The van der Waals surface area contributed by atoms with Crippen LogP contribution in [0.1, 0.15) is 35.5 Å². The molecule has 1 fully saturated rings. The lowest BCUT2D eigenvalue weighted by molar-refractivity contribution is 0.242. The molecule has 24 heavy (non-hydrogen) atoms. The average molecular weight is 326 g/mol. The van der Waals surface area contributed by atoms with Gasteiger partial charge in [0.25, 0.3) is 0 Å². The predicted molar refractivity (Wildman–Crippen MR) is 94.1 cm³/mol. The third kappa shape index (κ3) is 3.02. The number of rotatable bonds is 3. The fraction of sp³-hybridized carbons (Fsp3) is 0.611. The maximum Gasteiger partial charge on any atom is 0.225 e. The molecular formula is C18H26N6. The molecule has 0 N–H and O–H groups in total. The van der Waals surface area contributed by atoms with Crippen LogP contribution in [0.4, 0.5) is 5.95 Å². The molecule has 2 aromatic heterocycles. The van der Waals surface area contributed by atoms with Gasteiger partial charge in [-0.05, 0) is 44.2 Å². The summed E-state index contributed by atoms with van der Waals surface area (Å²) in [5.74, 6) is 0.868. The zero-order chi connectivity index (χ0) is 16.5. The van der Waals surface area contributed by atoms with E-state index in [0.717, 1.165) is 50.8 Å². The first-order valence-electron chi connectivity index (χ1n) is 9.01. The van der Waals surface area contributed by atoms with Gasteiger partial charge in [-0.3, -0.25) is 9.58 Å². The van der Waals surface area contributed by atoms with Crippen molar-refractivity contribution in [3.05, 3.63) is 34.9 Å². The zero-order valence-electron chi connectivity index (χ0n) is 14.7. The first-order valence-corrected chi connectivity index (χ1v) is 9.01. The minimum atomic E-state index is 0.868. The van der Waals surface area contributed by atoms with Crippen molar-refractivity contribution in [2.24, 2.45) is 7.05 Å². The second-order valence-electron chi connectivity index (χ2n) is 6.96. The van der Waals surface area contributed by atoms with E-state index in [2.05, 4.69) is 31.5 Å². The van der Waals surface area contributed by atoms with Crippen molar-refractivity contribution in [1.82, 2.24) is 24.6 Å². The molecule has 6 nitrogen and oxygen atoms in total. The Kier molecular flexibility index (Phi) is 4.22. The van der Waals surface area contributed by atoms with Crippen molar-refractivity contribution in [3.63, 3.8) is 0 Å². The molecule has 6 heteroatoms. The zero-order valence-corrected chi connectivity index (χ0v) is 14.7. The normalized spacial score (nSPS) is 18.7. The molecule has 0 aromatic carbocycles. The molecule has 0 saturated carbocycles. The van der Waals surface area contributed by atoms with Crippen LogP contribution in [0.25, 0.3) is 0 Å². The monoisotopic (exact) mass is 326 g/mol. The topological polar surface area (TPSA) is 50.1 Å². The van der Waals surface area contributed by atoms with Gasteiger partial charge in [0.15, 0.2) is 0 Å². The van der Waals surface area contributed by atoms with Crippen LogP contribution in [0.2, 0.25) is 0 Å². The van der Waals surface area contributed by atoms with E-state index in [-0.39, 0.29) is 0 Å². The van der Waals surface area contributed by atoms with Gasteiger partial charge in [0.2, 0.25) is 5.95 Å². The molecule has 2 aromatic rings. The molecule has 1 aliphatic heterocycles. The summed E-state index contributed by atoms with van der Waals surface area (Å²) in [5.41, 5.74) is 5.31. The third-order valence-corrected chi connectivity index (χ3v) is 5.26. The number of aryl methyl sites for hydroxylation is 3.